The molecule has 84 valence electrons. The standard InChI is InChI=1S/C8H14O2.C4H5N/c1-6(2)7(9)10-8(3,4)5;1-4(2)3-5/h1H2,2-5H3;1H2,2H3. The van der Waals surface area contributed by atoms with E-state index in [9.17, 15) is 4.79 Å². The van der Waals surface area contributed by atoms with Crippen LogP contribution in [0.5, 0.6) is 0 Å². The van der Waals surface area contributed by atoms with Gasteiger partial charge in [0.05, 0.1) is 6.07 Å². The molecule has 0 radical (unpaired) electrons. The van der Waals surface area contributed by atoms with Crippen molar-refractivity contribution in [3.05, 3.63) is 24.3 Å². The number of hydrogen-bond acceptors (Lipinski definition) is 3. The number of ether oxygens (including phenoxy) is 1. The van der Waals surface area contributed by atoms with Gasteiger partial charge in [0.1, 0.15) is 5.60 Å². The molecule has 0 bridgehead atoms. The maximum absolute atomic E-state index is 10.8. The quantitative estimate of drug-likeness (QED) is 0.379. The first kappa shape index (κ1) is 15.9. The van der Waals surface area contributed by atoms with E-state index in [1.54, 1.807) is 13.8 Å². The third-order valence-corrected chi connectivity index (χ3v) is 0.938. The van der Waals surface area contributed by atoms with Crippen molar-refractivity contribution in [1.82, 2.24) is 0 Å². The van der Waals surface area contributed by atoms with E-state index < -0.39 is 5.60 Å². The van der Waals surface area contributed by atoms with Crippen molar-refractivity contribution in [2.24, 2.45) is 0 Å². The highest BCUT2D eigenvalue weighted by Gasteiger charge is 2.15. The van der Waals surface area contributed by atoms with Gasteiger partial charge in [-0.25, -0.2) is 4.79 Å². The van der Waals surface area contributed by atoms with Crippen LogP contribution in [0.3, 0.4) is 0 Å². The number of nitrogens with zero attached hydrogens (tertiary/aromatic N) is 1. The summed E-state index contributed by atoms with van der Waals surface area (Å²) in [7, 11) is 0. The van der Waals surface area contributed by atoms with E-state index in [-0.39, 0.29) is 5.97 Å². The molecule has 0 aliphatic carbocycles. The third kappa shape index (κ3) is 15.2. The molecule has 0 aromatic heterocycles. The van der Waals surface area contributed by atoms with Crippen molar-refractivity contribution in [3.8, 4) is 6.07 Å². The molecule has 0 atom stereocenters. The molecule has 0 aromatic rings. The molecule has 0 aliphatic heterocycles. The van der Waals surface area contributed by atoms with Crippen LogP contribution in [-0.2, 0) is 9.53 Å². The van der Waals surface area contributed by atoms with Crippen molar-refractivity contribution >= 4 is 5.97 Å². The number of carbonyl (C=O) groups is 1. The molecule has 3 heteroatoms. The highest BCUT2D eigenvalue weighted by Crippen LogP contribution is 2.09. The summed E-state index contributed by atoms with van der Waals surface area (Å²) in [5.41, 5.74) is 0.593. The molecule has 0 unspecified atom stereocenters. The predicted molar refractivity (Wildman–Crippen MR) is 61.1 cm³/mol. The lowest BCUT2D eigenvalue weighted by Gasteiger charge is -2.19. The number of hydrogen-bond donors (Lipinski definition) is 0. The highest BCUT2D eigenvalue weighted by molar-refractivity contribution is 5.87. The van der Waals surface area contributed by atoms with Crippen LogP contribution in [0, 0.1) is 11.3 Å². The van der Waals surface area contributed by atoms with Crippen molar-refractivity contribution in [3.63, 3.8) is 0 Å². The molecule has 0 saturated carbocycles. The van der Waals surface area contributed by atoms with Gasteiger partial charge in [-0.05, 0) is 34.6 Å². The molecule has 15 heavy (non-hydrogen) atoms. The molecule has 0 N–H and O–H groups in total. The van der Waals surface area contributed by atoms with Crippen molar-refractivity contribution < 1.29 is 9.53 Å². The van der Waals surface area contributed by atoms with Gasteiger partial charge in [0.15, 0.2) is 0 Å². The Morgan fingerprint density at radius 3 is 1.67 bits per heavy atom. The van der Waals surface area contributed by atoms with Gasteiger partial charge in [0.25, 0.3) is 0 Å². The SMILES string of the molecule is C=C(C)C#N.C=C(C)C(=O)OC(C)(C)C. The lowest BCUT2D eigenvalue weighted by Crippen LogP contribution is -2.23. The summed E-state index contributed by atoms with van der Waals surface area (Å²) in [6.07, 6.45) is 0. The summed E-state index contributed by atoms with van der Waals surface area (Å²) in [5.74, 6) is -0.326. The zero-order chi connectivity index (χ0) is 12.6. The monoisotopic (exact) mass is 209 g/mol. The van der Waals surface area contributed by atoms with E-state index in [0.29, 0.717) is 11.1 Å². The second-order valence-electron chi connectivity index (χ2n) is 4.17. The number of esters is 1. The molecular weight excluding hydrogens is 190 g/mol. The number of allylic oxidation sites excluding steroid dienone is 1. The van der Waals surface area contributed by atoms with Crippen LogP contribution < -0.4 is 0 Å². The zero-order valence-electron chi connectivity index (χ0n) is 10.2. The molecule has 0 aliphatic rings. The number of nitriles is 1. The van der Waals surface area contributed by atoms with Gasteiger partial charge < -0.3 is 4.74 Å². The molecule has 0 amide bonds. The Morgan fingerprint density at radius 1 is 1.27 bits per heavy atom. The van der Waals surface area contributed by atoms with E-state index in [2.05, 4.69) is 13.2 Å². The fraction of sp³-hybridized carbons (Fsp3) is 0.500. The van der Waals surface area contributed by atoms with Crippen molar-refractivity contribution in [2.75, 3.05) is 0 Å². The molecular formula is C12H19NO2. The van der Waals surface area contributed by atoms with Crippen LogP contribution in [0.15, 0.2) is 24.3 Å². The third-order valence-electron chi connectivity index (χ3n) is 0.938. The average molecular weight is 209 g/mol. The summed E-state index contributed by atoms with van der Waals surface area (Å²) >= 11 is 0. The Morgan fingerprint density at radius 2 is 1.60 bits per heavy atom. The number of carbonyl (C=O) groups excluding carboxylic acids is 1. The minimum Gasteiger partial charge on any atom is -0.457 e. The normalized spacial score (nSPS) is 9.07. The van der Waals surface area contributed by atoms with Gasteiger partial charge in [-0.15, -0.1) is 0 Å². The lowest BCUT2D eigenvalue weighted by atomic mass is 10.2. The zero-order valence-corrected chi connectivity index (χ0v) is 10.2. The molecule has 0 fully saturated rings. The van der Waals surface area contributed by atoms with Gasteiger partial charge in [-0.2, -0.15) is 5.26 Å². The Hall–Kier alpha value is -1.56. The van der Waals surface area contributed by atoms with E-state index in [1.807, 2.05) is 26.8 Å². The molecule has 0 spiro atoms. The Balaban J connectivity index is 0. The minimum atomic E-state index is -0.407. The van der Waals surface area contributed by atoms with Gasteiger partial charge in [-0.3, -0.25) is 0 Å². The van der Waals surface area contributed by atoms with Gasteiger partial charge in [0, 0.05) is 11.1 Å². The molecule has 3 nitrogen and oxygen atoms in total. The molecule has 0 rings (SSSR count). The van der Waals surface area contributed by atoms with Gasteiger partial charge in [-0.1, -0.05) is 13.2 Å². The summed E-state index contributed by atoms with van der Waals surface area (Å²) in [6.45, 7) is 15.6. The second-order valence-corrected chi connectivity index (χ2v) is 4.17. The smallest absolute Gasteiger partial charge is 0.333 e. The van der Waals surface area contributed by atoms with Crippen LogP contribution in [0.4, 0.5) is 0 Å². The largest absolute Gasteiger partial charge is 0.457 e. The molecule has 0 saturated heterocycles. The first-order valence-electron chi connectivity index (χ1n) is 4.54. The van der Waals surface area contributed by atoms with Crippen LogP contribution in [0.25, 0.3) is 0 Å². The molecule has 0 aromatic carbocycles. The Bertz CT molecular complexity index is 290. The van der Waals surface area contributed by atoms with Crippen LogP contribution in [0.2, 0.25) is 0 Å². The first-order valence-corrected chi connectivity index (χ1v) is 4.54. The minimum absolute atomic E-state index is 0.326. The van der Waals surface area contributed by atoms with Crippen LogP contribution in [0.1, 0.15) is 34.6 Å². The average Bonchev–Trinajstić information content (AvgIpc) is 2.02. The Labute approximate surface area is 92.0 Å². The topological polar surface area (TPSA) is 50.1 Å². The summed E-state index contributed by atoms with van der Waals surface area (Å²) in [5, 5.41) is 7.79. The fourth-order valence-corrected chi connectivity index (χ4v) is 0.365. The fourth-order valence-electron chi connectivity index (χ4n) is 0.365. The maximum Gasteiger partial charge on any atom is 0.333 e. The predicted octanol–water partition coefficient (Wildman–Crippen LogP) is 2.99. The van der Waals surface area contributed by atoms with Crippen LogP contribution >= 0.6 is 0 Å². The molecule has 0 heterocycles. The second kappa shape index (κ2) is 6.83. The number of rotatable bonds is 1. The van der Waals surface area contributed by atoms with Crippen molar-refractivity contribution in [2.45, 2.75) is 40.2 Å². The van der Waals surface area contributed by atoms with Gasteiger partial charge >= 0.3 is 5.97 Å². The van der Waals surface area contributed by atoms with Crippen molar-refractivity contribution in [1.29, 1.82) is 5.26 Å². The summed E-state index contributed by atoms with van der Waals surface area (Å²) in [6, 6.07) is 1.83. The highest BCUT2D eigenvalue weighted by atomic mass is 16.6. The van der Waals surface area contributed by atoms with E-state index in [4.69, 9.17) is 10.00 Å². The summed E-state index contributed by atoms with van der Waals surface area (Å²) < 4.78 is 4.96. The maximum atomic E-state index is 10.8. The first-order chi connectivity index (χ1) is 6.60. The van der Waals surface area contributed by atoms with Gasteiger partial charge in [0.2, 0.25) is 0 Å². The van der Waals surface area contributed by atoms with E-state index in [0.717, 1.165) is 0 Å². The Kier molecular flexibility index (Phi) is 7.24. The lowest BCUT2D eigenvalue weighted by molar-refractivity contribution is -0.149. The van der Waals surface area contributed by atoms with E-state index in [1.165, 1.54) is 0 Å². The van der Waals surface area contributed by atoms with E-state index >= 15 is 0 Å². The van der Waals surface area contributed by atoms with Crippen LogP contribution in [-0.4, -0.2) is 11.6 Å². The summed E-state index contributed by atoms with van der Waals surface area (Å²) in [4.78, 5) is 10.8.